The van der Waals surface area contributed by atoms with Gasteiger partial charge in [0.1, 0.15) is 0 Å². The van der Waals surface area contributed by atoms with Gasteiger partial charge in [-0.3, -0.25) is 9.59 Å². The maximum atomic E-state index is 12.4. The van der Waals surface area contributed by atoms with Crippen LogP contribution in [0.1, 0.15) is 35.8 Å². The Balaban J connectivity index is 0.000000172. The van der Waals surface area contributed by atoms with Crippen LogP contribution < -0.4 is 11.1 Å². The SMILES string of the molecule is BrCc1ccccc1.O=c1cc(-c2nnc(C(F)F)o2)cc[nH]1.O=c1cc(-c2nnc(C(F)F)o2)ccn1Cc1ccccc1. The molecular weight excluding hydrogens is 664 g/mol. The van der Waals surface area contributed by atoms with Gasteiger partial charge in [-0.15, -0.1) is 20.4 Å². The van der Waals surface area contributed by atoms with Crippen molar-refractivity contribution < 1.29 is 26.4 Å². The fraction of sp³-hybridized carbons (Fsp3) is 0.133. The van der Waals surface area contributed by atoms with E-state index in [9.17, 15) is 27.2 Å². The zero-order chi connectivity index (χ0) is 32.2. The molecule has 232 valence electrons. The maximum absolute atomic E-state index is 12.4. The highest BCUT2D eigenvalue weighted by molar-refractivity contribution is 9.08. The average molecular weight is 687 g/mol. The van der Waals surface area contributed by atoms with Gasteiger partial charge in [0.25, 0.3) is 17.3 Å². The van der Waals surface area contributed by atoms with Crippen molar-refractivity contribution in [2.75, 3.05) is 0 Å². The molecule has 6 rings (SSSR count). The van der Waals surface area contributed by atoms with E-state index in [-0.39, 0.29) is 22.9 Å². The minimum Gasteiger partial charge on any atom is -0.415 e. The van der Waals surface area contributed by atoms with Gasteiger partial charge < -0.3 is 18.4 Å². The minimum absolute atomic E-state index is 0.0979. The number of hydrogen-bond acceptors (Lipinski definition) is 8. The van der Waals surface area contributed by atoms with Gasteiger partial charge in [-0.1, -0.05) is 76.6 Å². The van der Waals surface area contributed by atoms with Gasteiger partial charge in [-0.25, -0.2) is 0 Å². The summed E-state index contributed by atoms with van der Waals surface area (Å²) in [4.78, 5) is 25.4. The van der Waals surface area contributed by atoms with Crippen molar-refractivity contribution >= 4 is 15.9 Å². The Morgan fingerprint density at radius 3 is 1.69 bits per heavy atom. The van der Waals surface area contributed by atoms with Gasteiger partial charge in [0, 0.05) is 41.0 Å². The van der Waals surface area contributed by atoms with E-state index in [2.05, 4.69) is 57.9 Å². The van der Waals surface area contributed by atoms with Crippen LogP contribution in [0.2, 0.25) is 0 Å². The zero-order valence-corrected chi connectivity index (χ0v) is 24.7. The number of benzene rings is 2. The van der Waals surface area contributed by atoms with Crippen molar-refractivity contribution in [3.8, 4) is 22.9 Å². The number of pyridine rings is 2. The van der Waals surface area contributed by atoms with Crippen LogP contribution in [0.25, 0.3) is 22.9 Å². The Morgan fingerprint density at radius 1 is 0.711 bits per heavy atom. The summed E-state index contributed by atoms with van der Waals surface area (Å²) in [6.07, 6.45) is -2.71. The summed E-state index contributed by atoms with van der Waals surface area (Å²) in [5.74, 6) is -1.72. The molecule has 4 heterocycles. The fourth-order valence-corrected chi connectivity index (χ4v) is 3.95. The molecule has 0 atom stereocenters. The van der Waals surface area contributed by atoms with Gasteiger partial charge in [0.15, 0.2) is 0 Å². The van der Waals surface area contributed by atoms with Gasteiger partial charge in [0.2, 0.25) is 17.3 Å². The lowest BCUT2D eigenvalue weighted by Gasteiger charge is -2.05. The van der Waals surface area contributed by atoms with E-state index in [1.807, 2.05) is 48.5 Å². The van der Waals surface area contributed by atoms with Gasteiger partial charge in [-0.2, -0.15) is 17.6 Å². The molecular formula is C30H23BrF4N6O4. The van der Waals surface area contributed by atoms with Crippen LogP contribution in [0.3, 0.4) is 0 Å². The molecule has 0 aliphatic carbocycles. The van der Waals surface area contributed by atoms with E-state index in [1.54, 1.807) is 12.3 Å². The molecule has 2 aromatic carbocycles. The first-order chi connectivity index (χ1) is 21.7. The van der Waals surface area contributed by atoms with Crippen molar-refractivity contribution in [2.45, 2.75) is 24.7 Å². The molecule has 0 fully saturated rings. The summed E-state index contributed by atoms with van der Waals surface area (Å²) < 4.78 is 60.1. The maximum Gasteiger partial charge on any atom is 0.314 e. The minimum atomic E-state index is -2.83. The predicted octanol–water partition coefficient (Wildman–Crippen LogP) is 6.83. The highest BCUT2D eigenvalue weighted by Gasteiger charge is 2.18. The van der Waals surface area contributed by atoms with Crippen molar-refractivity contribution in [3.63, 3.8) is 0 Å². The summed E-state index contributed by atoms with van der Waals surface area (Å²) in [6.45, 7) is 0.423. The number of aromatic amines is 1. The summed E-state index contributed by atoms with van der Waals surface area (Å²) in [5, 5.41) is 14.2. The van der Waals surface area contributed by atoms with Crippen molar-refractivity contribution in [2.24, 2.45) is 0 Å². The second-order valence-electron chi connectivity index (χ2n) is 8.92. The third-order valence-corrected chi connectivity index (χ3v) is 6.36. The molecule has 0 radical (unpaired) electrons. The van der Waals surface area contributed by atoms with E-state index < -0.39 is 24.6 Å². The smallest absolute Gasteiger partial charge is 0.314 e. The summed E-state index contributed by atoms with van der Waals surface area (Å²) in [7, 11) is 0. The lowest BCUT2D eigenvalue weighted by molar-refractivity contribution is 0.115. The van der Waals surface area contributed by atoms with Crippen LogP contribution >= 0.6 is 15.9 Å². The molecule has 6 aromatic rings. The average Bonchev–Trinajstić information content (AvgIpc) is 3.75. The number of alkyl halides is 5. The molecule has 0 bridgehead atoms. The van der Waals surface area contributed by atoms with Crippen LogP contribution in [0, 0.1) is 0 Å². The molecule has 0 saturated heterocycles. The van der Waals surface area contributed by atoms with Gasteiger partial charge in [-0.05, 0) is 23.3 Å². The lowest BCUT2D eigenvalue weighted by atomic mass is 10.2. The Bertz CT molecular complexity index is 1900. The number of aromatic nitrogens is 6. The molecule has 0 unspecified atom stereocenters. The number of halogens is 5. The Labute approximate surface area is 260 Å². The highest BCUT2D eigenvalue weighted by atomic mass is 79.9. The second-order valence-corrected chi connectivity index (χ2v) is 9.48. The molecule has 0 spiro atoms. The lowest BCUT2D eigenvalue weighted by Crippen LogP contribution is -2.19. The monoisotopic (exact) mass is 686 g/mol. The zero-order valence-electron chi connectivity index (χ0n) is 23.1. The first-order valence-electron chi connectivity index (χ1n) is 13.0. The standard InChI is InChI=1S/C15H11F2N3O2.C8H5F2N3O2.C7H7Br/c16-13(17)15-19-18-14(22-15)11-6-7-20(12(21)8-11)9-10-4-2-1-3-5-10;9-6(10)8-13-12-7(15-8)4-1-2-11-5(14)3-4;8-6-7-4-2-1-3-5-7/h1-8,13H,9H2;1-3,6H,(H,11,14);1-5H,6H2. The Hall–Kier alpha value is -5.18. The normalized spacial score (nSPS) is 10.6. The van der Waals surface area contributed by atoms with E-state index >= 15 is 0 Å². The summed E-state index contributed by atoms with van der Waals surface area (Å²) in [5.41, 5.74) is 2.27. The first-order valence-corrected chi connectivity index (χ1v) is 14.1. The molecule has 0 aliphatic rings. The number of nitrogens with zero attached hydrogens (tertiary/aromatic N) is 5. The van der Waals surface area contributed by atoms with Crippen molar-refractivity contribution in [1.82, 2.24) is 29.9 Å². The van der Waals surface area contributed by atoms with E-state index in [0.29, 0.717) is 17.7 Å². The van der Waals surface area contributed by atoms with E-state index in [1.165, 1.54) is 34.5 Å². The predicted molar refractivity (Wildman–Crippen MR) is 159 cm³/mol. The summed E-state index contributed by atoms with van der Waals surface area (Å²) in [6, 6.07) is 25.3. The fourth-order valence-electron chi connectivity index (χ4n) is 3.58. The largest absolute Gasteiger partial charge is 0.415 e. The second kappa shape index (κ2) is 16.0. The topological polar surface area (TPSA) is 133 Å². The van der Waals surface area contributed by atoms with E-state index in [0.717, 1.165) is 10.9 Å². The molecule has 45 heavy (non-hydrogen) atoms. The molecule has 0 amide bonds. The van der Waals surface area contributed by atoms with E-state index in [4.69, 9.17) is 4.42 Å². The third kappa shape index (κ3) is 9.66. The molecule has 1 N–H and O–H groups in total. The van der Waals surface area contributed by atoms with Crippen LogP contribution in [0.15, 0.2) is 116 Å². The number of hydrogen-bond donors (Lipinski definition) is 1. The van der Waals surface area contributed by atoms with Crippen LogP contribution in [-0.4, -0.2) is 29.9 Å². The van der Waals surface area contributed by atoms with Gasteiger partial charge in [0.05, 0.1) is 6.54 Å². The number of rotatable bonds is 7. The molecule has 4 aromatic heterocycles. The Morgan fingerprint density at radius 2 is 1.24 bits per heavy atom. The molecule has 15 heteroatoms. The number of H-pyrrole nitrogens is 1. The van der Waals surface area contributed by atoms with Crippen molar-refractivity contribution in [3.05, 3.63) is 141 Å². The highest BCUT2D eigenvalue weighted by Crippen LogP contribution is 2.23. The molecule has 0 aliphatic heterocycles. The third-order valence-electron chi connectivity index (χ3n) is 5.71. The Kier molecular flexibility index (Phi) is 11.7. The van der Waals surface area contributed by atoms with Crippen LogP contribution in [0.5, 0.6) is 0 Å². The quantitative estimate of drug-likeness (QED) is 0.143. The molecule has 10 nitrogen and oxygen atoms in total. The molecule has 0 saturated carbocycles. The number of nitrogens with one attached hydrogen (secondary N) is 1. The summed E-state index contributed by atoms with van der Waals surface area (Å²) >= 11 is 3.36. The van der Waals surface area contributed by atoms with Crippen LogP contribution in [-0.2, 0) is 11.9 Å². The van der Waals surface area contributed by atoms with Crippen LogP contribution in [0.4, 0.5) is 17.6 Å². The van der Waals surface area contributed by atoms with Gasteiger partial charge >= 0.3 is 12.9 Å². The van der Waals surface area contributed by atoms with Crippen molar-refractivity contribution in [1.29, 1.82) is 0 Å². The first kappa shape index (κ1) is 32.7.